The molecule has 2 aliphatic rings. The van der Waals surface area contributed by atoms with Gasteiger partial charge < -0.3 is 15.3 Å². The molecule has 2 saturated heterocycles. The molecule has 3 rings (SSSR count). The van der Waals surface area contributed by atoms with Crippen molar-refractivity contribution in [2.45, 2.75) is 43.9 Å². The number of fused-ring (bicyclic) bond motifs is 2. The highest BCUT2D eigenvalue weighted by Gasteiger charge is 2.40. The third kappa shape index (κ3) is 1.86. The lowest BCUT2D eigenvalue weighted by Gasteiger charge is -2.38. The van der Waals surface area contributed by atoms with Crippen LogP contribution in [0.4, 0.5) is 11.4 Å². The van der Waals surface area contributed by atoms with E-state index >= 15 is 0 Å². The molecule has 4 heteroatoms. The van der Waals surface area contributed by atoms with Crippen LogP contribution in [0.15, 0.2) is 18.5 Å². The van der Waals surface area contributed by atoms with Crippen LogP contribution >= 0.6 is 0 Å². The van der Waals surface area contributed by atoms with E-state index in [2.05, 4.69) is 21.3 Å². The molecule has 0 saturated carbocycles. The number of hydrogen-bond donors (Lipinski definition) is 2. The summed E-state index contributed by atoms with van der Waals surface area (Å²) in [5.74, 6) is 0. The zero-order valence-corrected chi connectivity index (χ0v) is 10.1. The van der Waals surface area contributed by atoms with Gasteiger partial charge in [0, 0.05) is 19.1 Å². The molecule has 4 nitrogen and oxygen atoms in total. The van der Waals surface area contributed by atoms with Crippen LogP contribution in [0.2, 0.25) is 0 Å². The Hall–Kier alpha value is -1.29. The van der Waals surface area contributed by atoms with Crippen molar-refractivity contribution in [2.75, 3.05) is 17.3 Å². The highest BCUT2D eigenvalue weighted by molar-refractivity contribution is 5.57. The largest absolute Gasteiger partial charge is 0.393 e. The van der Waals surface area contributed by atoms with Crippen molar-refractivity contribution in [1.82, 2.24) is 4.98 Å². The molecule has 1 aromatic heterocycles. The van der Waals surface area contributed by atoms with Gasteiger partial charge in [0.15, 0.2) is 0 Å². The van der Waals surface area contributed by atoms with Crippen molar-refractivity contribution in [3.05, 3.63) is 18.5 Å². The number of piperidine rings is 1. The molecule has 0 amide bonds. The van der Waals surface area contributed by atoms with E-state index in [1.54, 1.807) is 0 Å². The maximum Gasteiger partial charge on any atom is 0.0579 e. The lowest BCUT2D eigenvalue weighted by Crippen LogP contribution is -2.44. The summed E-state index contributed by atoms with van der Waals surface area (Å²) >= 11 is 0. The van der Waals surface area contributed by atoms with Crippen LogP contribution in [-0.4, -0.2) is 35.3 Å². The number of rotatable bonds is 2. The van der Waals surface area contributed by atoms with Crippen molar-refractivity contribution >= 4 is 11.4 Å². The van der Waals surface area contributed by atoms with Gasteiger partial charge in [0.2, 0.25) is 0 Å². The molecule has 2 bridgehead atoms. The fourth-order valence-corrected chi connectivity index (χ4v) is 3.28. The van der Waals surface area contributed by atoms with Gasteiger partial charge in [0.25, 0.3) is 0 Å². The van der Waals surface area contributed by atoms with Crippen LogP contribution in [0, 0.1) is 0 Å². The molecule has 2 N–H and O–H groups in total. The van der Waals surface area contributed by atoms with Gasteiger partial charge in [-0.2, -0.15) is 0 Å². The van der Waals surface area contributed by atoms with Gasteiger partial charge in [-0.15, -0.1) is 0 Å². The van der Waals surface area contributed by atoms with Crippen molar-refractivity contribution < 1.29 is 5.11 Å². The van der Waals surface area contributed by atoms with E-state index < -0.39 is 0 Å². The summed E-state index contributed by atoms with van der Waals surface area (Å²) in [6.45, 7) is 0. The smallest absolute Gasteiger partial charge is 0.0579 e. The molecule has 2 unspecified atom stereocenters. The summed E-state index contributed by atoms with van der Waals surface area (Å²) in [7, 11) is 1.91. The van der Waals surface area contributed by atoms with Gasteiger partial charge >= 0.3 is 0 Å². The molecule has 2 fully saturated rings. The molecule has 0 aromatic carbocycles. The lowest BCUT2D eigenvalue weighted by atomic mass is 9.99. The monoisotopic (exact) mass is 233 g/mol. The predicted octanol–water partition coefficient (Wildman–Crippen LogP) is 1.62. The molecule has 17 heavy (non-hydrogen) atoms. The van der Waals surface area contributed by atoms with E-state index in [0.29, 0.717) is 12.1 Å². The Bertz CT molecular complexity index is 395. The van der Waals surface area contributed by atoms with Gasteiger partial charge in [-0.1, -0.05) is 0 Å². The second-order valence-corrected chi connectivity index (χ2v) is 5.10. The number of aliphatic hydroxyl groups excluding tert-OH is 1. The number of nitrogens with one attached hydrogen (secondary N) is 1. The number of nitrogens with zero attached hydrogens (tertiary/aromatic N) is 2. The average Bonchev–Trinajstić information content (AvgIpc) is 2.62. The molecule has 2 aliphatic heterocycles. The van der Waals surface area contributed by atoms with E-state index in [-0.39, 0.29) is 6.10 Å². The average molecular weight is 233 g/mol. The lowest BCUT2D eigenvalue weighted by molar-refractivity contribution is 0.126. The van der Waals surface area contributed by atoms with E-state index in [9.17, 15) is 5.11 Å². The Labute approximate surface area is 102 Å². The molecule has 0 radical (unpaired) electrons. The summed E-state index contributed by atoms with van der Waals surface area (Å²) in [5.41, 5.74) is 2.24. The molecule has 3 heterocycles. The summed E-state index contributed by atoms with van der Waals surface area (Å²) in [4.78, 5) is 6.74. The minimum absolute atomic E-state index is 0.107. The van der Waals surface area contributed by atoms with Gasteiger partial charge in [-0.25, -0.2) is 0 Å². The van der Waals surface area contributed by atoms with Crippen molar-refractivity contribution in [1.29, 1.82) is 0 Å². The number of hydrogen-bond acceptors (Lipinski definition) is 4. The van der Waals surface area contributed by atoms with Crippen LogP contribution < -0.4 is 10.2 Å². The van der Waals surface area contributed by atoms with Crippen LogP contribution in [0.3, 0.4) is 0 Å². The third-order valence-electron chi connectivity index (χ3n) is 4.02. The normalized spacial score (nSPS) is 31.6. The van der Waals surface area contributed by atoms with Crippen molar-refractivity contribution in [2.24, 2.45) is 0 Å². The van der Waals surface area contributed by atoms with Crippen molar-refractivity contribution in [3.63, 3.8) is 0 Å². The van der Waals surface area contributed by atoms with Gasteiger partial charge in [-0.05, 0) is 31.7 Å². The molecule has 1 aromatic rings. The quantitative estimate of drug-likeness (QED) is 0.815. The van der Waals surface area contributed by atoms with Gasteiger partial charge in [0.1, 0.15) is 0 Å². The fraction of sp³-hybridized carbons (Fsp3) is 0.615. The van der Waals surface area contributed by atoms with Crippen LogP contribution in [0.5, 0.6) is 0 Å². The Kier molecular flexibility index (Phi) is 2.67. The van der Waals surface area contributed by atoms with Crippen LogP contribution in [-0.2, 0) is 0 Å². The second-order valence-electron chi connectivity index (χ2n) is 5.10. The Morgan fingerprint density at radius 2 is 2.00 bits per heavy atom. The highest BCUT2D eigenvalue weighted by Crippen LogP contribution is 2.39. The Morgan fingerprint density at radius 3 is 2.65 bits per heavy atom. The minimum atomic E-state index is -0.107. The van der Waals surface area contributed by atoms with Gasteiger partial charge in [-0.3, -0.25) is 4.98 Å². The second kappa shape index (κ2) is 4.18. The minimum Gasteiger partial charge on any atom is -0.393 e. The first-order valence-electron chi connectivity index (χ1n) is 6.37. The summed E-state index contributed by atoms with van der Waals surface area (Å²) in [5, 5.41) is 12.9. The fourth-order valence-electron chi connectivity index (χ4n) is 3.28. The molecule has 92 valence electrons. The zero-order chi connectivity index (χ0) is 11.8. The molecular formula is C13H19N3O. The summed E-state index contributed by atoms with van der Waals surface area (Å²) in [6, 6.07) is 3.14. The van der Waals surface area contributed by atoms with Crippen LogP contribution in [0.25, 0.3) is 0 Å². The van der Waals surface area contributed by atoms with E-state index in [1.807, 2.05) is 19.4 Å². The molecule has 0 aliphatic carbocycles. The first-order chi connectivity index (χ1) is 8.28. The molecular weight excluding hydrogens is 214 g/mol. The number of anilines is 2. The Morgan fingerprint density at radius 1 is 1.29 bits per heavy atom. The predicted molar refractivity (Wildman–Crippen MR) is 68.3 cm³/mol. The van der Waals surface area contributed by atoms with Gasteiger partial charge in [0.05, 0.1) is 29.9 Å². The number of pyridine rings is 1. The van der Waals surface area contributed by atoms with E-state index in [1.165, 1.54) is 18.5 Å². The maximum absolute atomic E-state index is 9.80. The van der Waals surface area contributed by atoms with E-state index in [0.717, 1.165) is 18.5 Å². The van der Waals surface area contributed by atoms with Crippen LogP contribution in [0.1, 0.15) is 25.7 Å². The topological polar surface area (TPSA) is 48.4 Å². The SMILES string of the molecule is CNc1cncc(N2C3CCC2CC(O)C3)c1. The standard InChI is InChI=1S/C13H19N3O/c1-14-9-4-12(8-15-7-9)16-10-2-3-11(16)6-13(17)5-10/h4,7-8,10-11,13-14,17H,2-3,5-6H2,1H3. The molecule has 2 atom stereocenters. The summed E-state index contributed by atoms with van der Waals surface area (Å²) in [6.07, 6.45) is 7.87. The number of aromatic nitrogens is 1. The van der Waals surface area contributed by atoms with E-state index in [4.69, 9.17) is 0 Å². The first-order valence-corrected chi connectivity index (χ1v) is 6.37. The third-order valence-corrected chi connectivity index (χ3v) is 4.02. The summed E-state index contributed by atoms with van der Waals surface area (Å²) < 4.78 is 0. The van der Waals surface area contributed by atoms with Crippen molar-refractivity contribution in [3.8, 4) is 0 Å². The maximum atomic E-state index is 9.80. The Balaban J connectivity index is 1.89. The first kappa shape index (κ1) is 10.8. The highest BCUT2D eigenvalue weighted by atomic mass is 16.3. The molecule has 0 spiro atoms. The number of aliphatic hydroxyl groups is 1. The zero-order valence-electron chi connectivity index (χ0n) is 10.1.